The zero-order chi connectivity index (χ0) is 23.7. The number of ether oxygens (including phenoxy) is 1. The molecule has 7 heteroatoms. The fourth-order valence-corrected chi connectivity index (χ4v) is 6.09. The molecule has 2 aromatic rings. The zero-order valence-corrected chi connectivity index (χ0v) is 19.1. The van der Waals surface area contributed by atoms with Gasteiger partial charge in [-0.05, 0) is 47.4 Å². The Labute approximate surface area is 199 Å². The Kier molecular flexibility index (Phi) is 6.26. The number of carbonyl (C=O) groups is 3. The second-order valence-electron chi connectivity index (χ2n) is 9.50. The molecule has 3 aliphatic rings. The standard InChI is InChI=1S/C27H30N2O5/c30-25(29-23-12-6-1-7-17(23)15-24(29)26(31)32)13-14-28-27(33)34-16-22-20-10-4-2-8-18(20)19-9-3-5-11-21(19)22/h2-5,8-11,17,22-24H,1,6-7,12-16H2,(H,28,33)(H,31,32)/t17-,23-,24-/m0/s1. The van der Waals surface area contributed by atoms with Crippen LogP contribution in [0.25, 0.3) is 11.1 Å². The Balaban J connectivity index is 1.15. The van der Waals surface area contributed by atoms with Crippen molar-refractivity contribution in [2.75, 3.05) is 13.2 Å². The maximum Gasteiger partial charge on any atom is 0.407 e. The number of carboxylic acid groups (broad SMARTS) is 1. The molecule has 0 spiro atoms. The molecular weight excluding hydrogens is 432 g/mol. The lowest BCUT2D eigenvalue weighted by Gasteiger charge is -2.33. The molecule has 1 aliphatic heterocycles. The molecule has 2 aromatic carbocycles. The average molecular weight is 463 g/mol. The molecule has 0 radical (unpaired) electrons. The van der Waals surface area contributed by atoms with Crippen LogP contribution in [0.2, 0.25) is 0 Å². The van der Waals surface area contributed by atoms with Crippen LogP contribution in [0.4, 0.5) is 4.79 Å². The first-order valence-electron chi connectivity index (χ1n) is 12.2. The van der Waals surface area contributed by atoms with Gasteiger partial charge in [0.2, 0.25) is 5.91 Å². The first-order valence-corrected chi connectivity index (χ1v) is 12.2. The summed E-state index contributed by atoms with van der Waals surface area (Å²) in [6, 6.07) is 15.5. The number of rotatable bonds is 6. The van der Waals surface area contributed by atoms with Gasteiger partial charge in [-0.25, -0.2) is 9.59 Å². The zero-order valence-electron chi connectivity index (χ0n) is 19.1. The van der Waals surface area contributed by atoms with Gasteiger partial charge < -0.3 is 20.1 Å². The highest BCUT2D eigenvalue weighted by Crippen LogP contribution is 2.44. The van der Waals surface area contributed by atoms with E-state index in [4.69, 9.17) is 4.74 Å². The highest BCUT2D eigenvalue weighted by atomic mass is 16.5. The van der Waals surface area contributed by atoms with E-state index in [2.05, 4.69) is 29.6 Å². The first kappa shape index (κ1) is 22.4. The second-order valence-corrected chi connectivity index (χ2v) is 9.50. The van der Waals surface area contributed by atoms with Crippen LogP contribution in [0.5, 0.6) is 0 Å². The number of hydrogen-bond donors (Lipinski definition) is 2. The molecule has 1 heterocycles. The van der Waals surface area contributed by atoms with E-state index in [0.29, 0.717) is 6.42 Å². The molecule has 1 saturated heterocycles. The van der Waals surface area contributed by atoms with Gasteiger partial charge in [-0.3, -0.25) is 4.79 Å². The lowest BCUT2D eigenvalue weighted by molar-refractivity contribution is -0.149. The van der Waals surface area contributed by atoms with E-state index in [9.17, 15) is 19.5 Å². The molecule has 5 rings (SSSR count). The van der Waals surface area contributed by atoms with Crippen molar-refractivity contribution in [1.29, 1.82) is 0 Å². The summed E-state index contributed by atoms with van der Waals surface area (Å²) < 4.78 is 5.52. The largest absolute Gasteiger partial charge is 0.480 e. The smallest absolute Gasteiger partial charge is 0.407 e. The number of benzene rings is 2. The van der Waals surface area contributed by atoms with Crippen molar-refractivity contribution in [3.8, 4) is 11.1 Å². The molecule has 1 saturated carbocycles. The fraction of sp³-hybridized carbons (Fsp3) is 0.444. The summed E-state index contributed by atoms with van der Waals surface area (Å²) in [6.45, 7) is 0.334. The van der Waals surface area contributed by atoms with Crippen molar-refractivity contribution < 1.29 is 24.2 Å². The van der Waals surface area contributed by atoms with E-state index in [0.717, 1.165) is 47.9 Å². The lowest BCUT2D eigenvalue weighted by atomic mass is 9.84. The Morgan fingerprint density at radius 3 is 2.29 bits per heavy atom. The third-order valence-electron chi connectivity index (χ3n) is 7.61. The predicted octanol–water partition coefficient (Wildman–Crippen LogP) is 4.16. The number of alkyl carbamates (subject to hydrolysis) is 1. The molecular formula is C27H30N2O5. The van der Waals surface area contributed by atoms with Crippen molar-refractivity contribution >= 4 is 18.0 Å². The lowest BCUT2D eigenvalue weighted by Crippen LogP contribution is -2.47. The molecule has 7 nitrogen and oxygen atoms in total. The number of nitrogens with zero attached hydrogens (tertiary/aromatic N) is 1. The van der Waals surface area contributed by atoms with E-state index in [1.807, 2.05) is 24.3 Å². The average Bonchev–Trinajstić information content (AvgIpc) is 3.39. The van der Waals surface area contributed by atoms with Crippen molar-refractivity contribution in [2.24, 2.45) is 5.92 Å². The minimum Gasteiger partial charge on any atom is -0.480 e. The highest BCUT2D eigenvalue weighted by Gasteiger charge is 2.47. The van der Waals surface area contributed by atoms with Gasteiger partial charge >= 0.3 is 12.1 Å². The molecule has 0 bridgehead atoms. The number of amides is 2. The number of fused-ring (bicyclic) bond motifs is 4. The second kappa shape index (κ2) is 9.49. The monoisotopic (exact) mass is 462 g/mol. The fourth-order valence-electron chi connectivity index (χ4n) is 6.09. The predicted molar refractivity (Wildman–Crippen MR) is 126 cm³/mol. The van der Waals surface area contributed by atoms with Crippen LogP contribution >= 0.6 is 0 Å². The topological polar surface area (TPSA) is 95.9 Å². The molecule has 34 heavy (non-hydrogen) atoms. The SMILES string of the molecule is O=C(NCCC(=O)N1[C@H](C(=O)O)C[C@@H]2CCCC[C@@H]21)OCC1c2ccccc2-c2ccccc21. The summed E-state index contributed by atoms with van der Waals surface area (Å²) in [4.78, 5) is 38.6. The summed E-state index contributed by atoms with van der Waals surface area (Å²) >= 11 is 0. The number of likely N-dealkylation sites (tertiary alicyclic amines) is 1. The number of carboxylic acids is 1. The van der Waals surface area contributed by atoms with Crippen molar-refractivity contribution in [2.45, 2.75) is 56.5 Å². The van der Waals surface area contributed by atoms with Gasteiger partial charge in [0.25, 0.3) is 0 Å². The summed E-state index contributed by atoms with van der Waals surface area (Å²) in [7, 11) is 0. The Hall–Kier alpha value is -3.35. The minimum absolute atomic E-state index is 0.0109. The van der Waals surface area contributed by atoms with Crippen LogP contribution in [0.3, 0.4) is 0 Å². The van der Waals surface area contributed by atoms with Crippen molar-refractivity contribution in [3.05, 3.63) is 59.7 Å². The van der Waals surface area contributed by atoms with E-state index in [-0.39, 0.29) is 43.4 Å². The summed E-state index contributed by atoms with van der Waals surface area (Å²) in [5, 5.41) is 12.3. The van der Waals surface area contributed by atoms with Gasteiger partial charge in [0.05, 0.1) is 0 Å². The molecule has 178 valence electrons. The van der Waals surface area contributed by atoms with Crippen molar-refractivity contribution in [3.63, 3.8) is 0 Å². The van der Waals surface area contributed by atoms with Crippen LogP contribution < -0.4 is 5.32 Å². The van der Waals surface area contributed by atoms with Gasteiger partial charge in [-0.15, -0.1) is 0 Å². The maximum atomic E-state index is 12.9. The number of carbonyl (C=O) groups excluding carboxylic acids is 2. The molecule has 0 unspecified atom stereocenters. The van der Waals surface area contributed by atoms with Crippen LogP contribution in [-0.4, -0.2) is 53.2 Å². The van der Waals surface area contributed by atoms with Gasteiger partial charge in [-0.2, -0.15) is 0 Å². The Bertz CT molecular complexity index is 1050. The Morgan fingerprint density at radius 1 is 0.971 bits per heavy atom. The Morgan fingerprint density at radius 2 is 1.62 bits per heavy atom. The third kappa shape index (κ3) is 4.15. The minimum atomic E-state index is -0.938. The van der Waals surface area contributed by atoms with E-state index < -0.39 is 18.1 Å². The van der Waals surface area contributed by atoms with E-state index >= 15 is 0 Å². The van der Waals surface area contributed by atoms with Crippen LogP contribution in [0, 0.1) is 5.92 Å². The van der Waals surface area contributed by atoms with E-state index in [1.165, 1.54) is 0 Å². The van der Waals surface area contributed by atoms with Gasteiger partial charge in [0.15, 0.2) is 0 Å². The number of hydrogen-bond acceptors (Lipinski definition) is 4. The molecule has 2 N–H and O–H groups in total. The quantitative estimate of drug-likeness (QED) is 0.672. The van der Waals surface area contributed by atoms with Gasteiger partial charge in [0.1, 0.15) is 12.6 Å². The number of nitrogens with one attached hydrogen (secondary N) is 1. The number of aliphatic carboxylic acids is 1. The van der Waals surface area contributed by atoms with Crippen LogP contribution in [0.15, 0.2) is 48.5 Å². The molecule has 3 atom stereocenters. The summed E-state index contributed by atoms with van der Waals surface area (Å²) in [5.41, 5.74) is 4.61. The van der Waals surface area contributed by atoms with Crippen molar-refractivity contribution in [1.82, 2.24) is 10.2 Å². The molecule has 2 aliphatic carbocycles. The molecule has 0 aromatic heterocycles. The maximum absolute atomic E-state index is 12.9. The van der Waals surface area contributed by atoms with Crippen LogP contribution in [-0.2, 0) is 14.3 Å². The van der Waals surface area contributed by atoms with Gasteiger partial charge in [-0.1, -0.05) is 61.4 Å². The third-order valence-corrected chi connectivity index (χ3v) is 7.61. The first-order chi connectivity index (χ1) is 16.5. The molecule has 2 amide bonds. The van der Waals surface area contributed by atoms with Gasteiger partial charge in [0, 0.05) is 24.9 Å². The van der Waals surface area contributed by atoms with Crippen LogP contribution in [0.1, 0.15) is 55.6 Å². The summed E-state index contributed by atoms with van der Waals surface area (Å²) in [6.07, 6.45) is 3.99. The highest BCUT2D eigenvalue weighted by molar-refractivity contribution is 5.85. The normalized spacial score (nSPS) is 23.1. The molecule has 2 fully saturated rings. The summed E-state index contributed by atoms with van der Waals surface area (Å²) in [5.74, 6) is -0.897. The van der Waals surface area contributed by atoms with E-state index in [1.54, 1.807) is 4.90 Å².